The molecule has 0 bridgehead atoms. The smallest absolute Gasteiger partial charge is 0.410 e. The second-order valence-corrected chi connectivity index (χ2v) is 8.81. The summed E-state index contributed by atoms with van der Waals surface area (Å²) >= 11 is 0. The Balaban J connectivity index is 1.58. The van der Waals surface area contributed by atoms with Gasteiger partial charge in [0, 0.05) is 23.1 Å². The number of fused-ring (bicyclic) bond motifs is 1. The van der Waals surface area contributed by atoms with Gasteiger partial charge in [0.2, 0.25) is 5.82 Å². The van der Waals surface area contributed by atoms with Gasteiger partial charge in [0.05, 0.1) is 17.8 Å². The van der Waals surface area contributed by atoms with Gasteiger partial charge in [-0.15, -0.1) is 10.2 Å². The summed E-state index contributed by atoms with van der Waals surface area (Å²) in [6, 6.07) is 16.3. The van der Waals surface area contributed by atoms with E-state index in [2.05, 4.69) is 20.6 Å². The largest absolute Gasteiger partial charge is 0.480 e. The predicted octanol–water partition coefficient (Wildman–Crippen LogP) is 4.54. The molecule has 2 heterocycles. The van der Waals surface area contributed by atoms with Gasteiger partial charge in [-0.25, -0.2) is 14.6 Å². The molecule has 186 valence electrons. The van der Waals surface area contributed by atoms with Crippen LogP contribution in [0.25, 0.3) is 33.5 Å². The van der Waals surface area contributed by atoms with Gasteiger partial charge in [0.15, 0.2) is 0 Å². The van der Waals surface area contributed by atoms with Crippen LogP contribution in [0.2, 0.25) is 0 Å². The Bertz CT molecular complexity index is 1340. The third-order valence-corrected chi connectivity index (χ3v) is 5.78. The van der Waals surface area contributed by atoms with E-state index in [0.717, 1.165) is 33.3 Å². The van der Waals surface area contributed by atoms with Gasteiger partial charge >= 0.3 is 12.1 Å². The molecule has 1 atom stereocenters. The topological polar surface area (TPSA) is 134 Å². The van der Waals surface area contributed by atoms with Gasteiger partial charge in [-0.3, -0.25) is 4.90 Å². The van der Waals surface area contributed by atoms with Crippen molar-refractivity contribution in [1.29, 1.82) is 0 Å². The predicted molar refractivity (Wildman–Crippen MR) is 134 cm³/mol. The van der Waals surface area contributed by atoms with Crippen LogP contribution in [0.1, 0.15) is 32.8 Å². The molecular formula is C26H28N6O4. The number of carbonyl (C=O) groups excluding carboxylic acids is 1. The monoisotopic (exact) mass is 488 g/mol. The number of carboxylic acid groups (broad SMARTS) is 1. The maximum absolute atomic E-state index is 12.7. The van der Waals surface area contributed by atoms with E-state index >= 15 is 0 Å². The lowest BCUT2D eigenvalue weighted by Crippen LogP contribution is -2.47. The van der Waals surface area contributed by atoms with E-state index in [1.54, 1.807) is 13.8 Å². The molecule has 0 spiro atoms. The molecule has 0 aliphatic rings. The Hall–Kier alpha value is -4.34. The number of amides is 1. The molecule has 2 aromatic carbocycles. The summed E-state index contributed by atoms with van der Waals surface area (Å²) in [5.41, 5.74) is 4.19. The zero-order valence-electron chi connectivity index (χ0n) is 20.4. The molecule has 0 radical (unpaired) electrons. The van der Waals surface area contributed by atoms with E-state index < -0.39 is 18.1 Å². The maximum atomic E-state index is 12.7. The molecule has 0 aliphatic heterocycles. The Morgan fingerprint density at radius 2 is 1.81 bits per heavy atom. The van der Waals surface area contributed by atoms with Crippen molar-refractivity contribution in [3.05, 3.63) is 60.2 Å². The first-order chi connectivity index (χ1) is 17.4. The van der Waals surface area contributed by atoms with Gasteiger partial charge in [0.1, 0.15) is 6.04 Å². The first kappa shape index (κ1) is 24.8. The number of hydrogen-bond acceptors (Lipinski definition) is 7. The lowest BCUT2D eigenvalue weighted by molar-refractivity contribution is -0.144. The van der Waals surface area contributed by atoms with Crippen LogP contribution in [0.4, 0.5) is 4.79 Å². The van der Waals surface area contributed by atoms with Crippen LogP contribution in [0.5, 0.6) is 0 Å². The summed E-state index contributed by atoms with van der Waals surface area (Å²) in [5.74, 6) is -0.820. The number of H-pyrrole nitrogens is 1. The van der Waals surface area contributed by atoms with E-state index in [9.17, 15) is 14.7 Å². The fourth-order valence-corrected chi connectivity index (χ4v) is 4.03. The van der Waals surface area contributed by atoms with Crippen molar-refractivity contribution in [2.75, 3.05) is 6.61 Å². The highest BCUT2D eigenvalue weighted by molar-refractivity contribution is 5.83. The van der Waals surface area contributed by atoms with Crippen molar-refractivity contribution in [2.45, 2.75) is 39.8 Å². The minimum absolute atomic E-state index is 0.118. The zero-order valence-corrected chi connectivity index (χ0v) is 20.4. The lowest BCUT2D eigenvalue weighted by atomic mass is 10.0. The summed E-state index contributed by atoms with van der Waals surface area (Å²) in [6.07, 6.45) is 0.0267. The van der Waals surface area contributed by atoms with E-state index in [-0.39, 0.29) is 19.1 Å². The first-order valence-corrected chi connectivity index (χ1v) is 11.8. The number of carbonyl (C=O) groups is 2. The summed E-state index contributed by atoms with van der Waals surface area (Å²) in [6.45, 7) is 5.80. The van der Waals surface area contributed by atoms with Crippen molar-refractivity contribution < 1.29 is 19.4 Å². The number of benzene rings is 2. The minimum Gasteiger partial charge on any atom is -0.480 e. The summed E-state index contributed by atoms with van der Waals surface area (Å²) in [7, 11) is 0. The minimum atomic E-state index is -1.06. The van der Waals surface area contributed by atoms with Crippen LogP contribution in [0, 0.1) is 5.92 Å². The molecule has 1 amide bonds. The van der Waals surface area contributed by atoms with Crippen LogP contribution >= 0.6 is 0 Å². The highest BCUT2D eigenvalue weighted by Gasteiger charge is 2.33. The number of tetrazole rings is 1. The quantitative estimate of drug-likeness (QED) is 0.351. The number of pyridine rings is 1. The summed E-state index contributed by atoms with van der Waals surface area (Å²) in [5, 5.41) is 24.7. The standard InChI is InChI=1S/C26H28N6O4/c1-4-13-36-26(35)32(23(16(2)3)25(33)34)15-17-5-11-22-20(14-17)10-12-21(27-22)18-6-8-19(9-7-18)24-28-30-31-29-24/h5-12,14,16,23H,4,13,15H2,1-3H3,(H,33,34)(H,28,29,30,31). The van der Waals surface area contributed by atoms with Crippen LogP contribution in [-0.4, -0.2) is 60.3 Å². The molecule has 2 N–H and O–H groups in total. The number of nitrogens with zero attached hydrogens (tertiary/aromatic N) is 5. The molecule has 10 nitrogen and oxygen atoms in total. The molecule has 2 aromatic heterocycles. The van der Waals surface area contributed by atoms with Crippen molar-refractivity contribution in [1.82, 2.24) is 30.5 Å². The highest BCUT2D eigenvalue weighted by atomic mass is 16.6. The molecule has 4 aromatic rings. The van der Waals surface area contributed by atoms with E-state index in [0.29, 0.717) is 12.2 Å². The van der Waals surface area contributed by atoms with Gasteiger partial charge in [-0.05, 0) is 41.3 Å². The fourth-order valence-electron chi connectivity index (χ4n) is 4.03. The Morgan fingerprint density at radius 1 is 1.06 bits per heavy atom. The van der Waals surface area contributed by atoms with Crippen molar-refractivity contribution in [2.24, 2.45) is 5.92 Å². The Morgan fingerprint density at radius 3 is 2.44 bits per heavy atom. The Labute approximate surface area is 208 Å². The molecule has 0 saturated heterocycles. The van der Waals surface area contributed by atoms with Crippen molar-refractivity contribution in [3.8, 4) is 22.6 Å². The normalized spacial score (nSPS) is 12.0. The average Bonchev–Trinajstić information content (AvgIpc) is 3.41. The molecule has 1 unspecified atom stereocenters. The molecular weight excluding hydrogens is 460 g/mol. The van der Waals surface area contributed by atoms with Crippen molar-refractivity contribution >= 4 is 23.0 Å². The first-order valence-electron chi connectivity index (χ1n) is 11.8. The van der Waals surface area contributed by atoms with Crippen LogP contribution in [-0.2, 0) is 16.1 Å². The van der Waals surface area contributed by atoms with Crippen LogP contribution in [0.15, 0.2) is 54.6 Å². The number of rotatable bonds is 9. The number of aliphatic carboxylic acids is 1. The second kappa shape index (κ2) is 10.9. The van der Waals surface area contributed by atoms with E-state index in [4.69, 9.17) is 9.72 Å². The second-order valence-electron chi connectivity index (χ2n) is 8.81. The van der Waals surface area contributed by atoms with Crippen LogP contribution in [0.3, 0.4) is 0 Å². The third kappa shape index (κ3) is 5.48. The van der Waals surface area contributed by atoms with E-state index in [1.807, 2.05) is 61.5 Å². The number of carboxylic acids is 1. The SMILES string of the molecule is CCCOC(=O)N(Cc1ccc2nc(-c3ccc(-c4nn[nH]n4)cc3)ccc2c1)C(C(=O)O)C(C)C. The average molecular weight is 489 g/mol. The van der Waals surface area contributed by atoms with Crippen LogP contribution < -0.4 is 0 Å². The molecule has 0 saturated carbocycles. The third-order valence-electron chi connectivity index (χ3n) is 5.78. The maximum Gasteiger partial charge on any atom is 0.410 e. The number of ether oxygens (including phenoxy) is 1. The summed E-state index contributed by atoms with van der Waals surface area (Å²) in [4.78, 5) is 30.8. The zero-order chi connectivity index (χ0) is 25.7. The Kier molecular flexibility index (Phi) is 7.53. The molecule has 0 aliphatic carbocycles. The molecule has 4 rings (SSSR count). The molecule has 36 heavy (non-hydrogen) atoms. The van der Waals surface area contributed by atoms with Gasteiger partial charge in [0.25, 0.3) is 0 Å². The molecule has 0 fully saturated rings. The highest BCUT2D eigenvalue weighted by Crippen LogP contribution is 2.25. The lowest BCUT2D eigenvalue weighted by Gasteiger charge is -2.30. The fraction of sp³-hybridized carbons (Fsp3) is 0.308. The van der Waals surface area contributed by atoms with E-state index in [1.165, 1.54) is 4.90 Å². The van der Waals surface area contributed by atoms with Crippen molar-refractivity contribution in [3.63, 3.8) is 0 Å². The number of nitrogens with one attached hydrogen (secondary N) is 1. The number of aromatic nitrogens is 5. The summed E-state index contributed by atoms with van der Waals surface area (Å²) < 4.78 is 5.29. The molecule has 10 heteroatoms. The van der Waals surface area contributed by atoms with Gasteiger partial charge in [-0.1, -0.05) is 57.2 Å². The van der Waals surface area contributed by atoms with Gasteiger partial charge in [-0.2, -0.15) is 5.21 Å². The number of aromatic amines is 1. The van der Waals surface area contributed by atoms with Gasteiger partial charge < -0.3 is 9.84 Å². The number of hydrogen-bond donors (Lipinski definition) is 2.